The standard InChI is InChI=1S/C15H19N3O2/c1-10-6-7-18(9-13(10)19)14(15(17)20)12-4-2-11(8-16)3-5-12/h2-5,10,13-14,19H,6-7,9H2,1H3,(H2,17,20). The highest BCUT2D eigenvalue weighted by Gasteiger charge is 2.32. The van der Waals surface area contributed by atoms with Crippen LogP contribution in [0.2, 0.25) is 0 Å². The number of primary amides is 1. The molecular weight excluding hydrogens is 254 g/mol. The number of aliphatic hydroxyl groups excluding tert-OH is 1. The molecule has 1 aromatic carbocycles. The van der Waals surface area contributed by atoms with Crippen LogP contribution in [0, 0.1) is 17.2 Å². The lowest BCUT2D eigenvalue weighted by Crippen LogP contribution is -2.48. The van der Waals surface area contributed by atoms with Crippen molar-refractivity contribution in [2.24, 2.45) is 11.7 Å². The molecule has 3 unspecified atom stereocenters. The van der Waals surface area contributed by atoms with Gasteiger partial charge in [-0.2, -0.15) is 5.26 Å². The number of hydrogen-bond donors (Lipinski definition) is 2. The molecule has 1 aliphatic heterocycles. The third-order valence-electron chi connectivity index (χ3n) is 3.94. The first-order valence-corrected chi connectivity index (χ1v) is 6.74. The van der Waals surface area contributed by atoms with Gasteiger partial charge in [-0.15, -0.1) is 0 Å². The van der Waals surface area contributed by atoms with Crippen molar-refractivity contribution in [2.75, 3.05) is 13.1 Å². The fraction of sp³-hybridized carbons (Fsp3) is 0.467. The van der Waals surface area contributed by atoms with Gasteiger partial charge >= 0.3 is 0 Å². The number of β-amino-alcohol motifs (C(OH)–C–C–N with tert-alkyl or cyclic N) is 1. The Hall–Kier alpha value is -1.90. The minimum absolute atomic E-state index is 0.237. The maximum absolute atomic E-state index is 11.8. The molecule has 0 aromatic heterocycles. The van der Waals surface area contributed by atoms with Crippen LogP contribution in [0.1, 0.15) is 30.5 Å². The minimum Gasteiger partial charge on any atom is -0.392 e. The van der Waals surface area contributed by atoms with Gasteiger partial charge < -0.3 is 10.8 Å². The molecule has 0 spiro atoms. The normalized spacial score (nSPS) is 24.9. The highest BCUT2D eigenvalue weighted by atomic mass is 16.3. The SMILES string of the molecule is CC1CCN(C(C(N)=O)c2ccc(C#N)cc2)CC1O. The highest BCUT2D eigenvalue weighted by Crippen LogP contribution is 2.27. The van der Waals surface area contributed by atoms with Gasteiger partial charge in [0, 0.05) is 6.54 Å². The zero-order valence-corrected chi connectivity index (χ0v) is 11.5. The largest absolute Gasteiger partial charge is 0.392 e. The highest BCUT2D eigenvalue weighted by molar-refractivity contribution is 5.81. The summed E-state index contributed by atoms with van der Waals surface area (Å²) in [5, 5.41) is 18.8. The molecule has 5 nitrogen and oxygen atoms in total. The number of carbonyl (C=O) groups excluding carboxylic acids is 1. The molecule has 3 N–H and O–H groups in total. The number of nitriles is 1. The molecule has 1 amide bonds. The van der Waals surface area contributed by atoms with E-state index in [1.807, 2.05) is 17.9 Å². The second-order valence-corrected chi connectivity index (χ2v) is 5.37. The van der Waals surface area contributed by atoms with Crippen LogP contribution in [-0.4, -0.2) is 35.1 Å². The number of aliphatic hydroxyl groups is 1. The van der Waals surface area contributed by atoms with Crippen LogP contribution in [0.25, 0.3) is 0 Å². The van der Waals surface area contributed by atoms with Crippen LogP contribution < -0.4 is 5.73 Å². The van der Waals surface area contributed by atoms with Crippen molar-refractivity contribution in [1.29, 1.82) is 5.26 Å². The fourth-order valence-electron chi connectivity index (χ4n) is 2.60. The van der Waals surface area contributed by atoms with Crippen LogP contribution in [0.3, 0.4) is 0 Å². The maximum atomic E-state index is 11.8. The van der Waals surface area contributed by atoms with Gasteiger partial charge in [-0.1, -0.05) is 19.1 Å². The zero-order valence-electron chi connectivity index (χ0n) is 11.5. The van der Waals surface area contributed by atoms with Crippen molar-refractivity contribution in [1.82, 2.24) is 4.90 Å². The number of rotatable bonds is 3. The number of likely N-dealkylation sites (tertiary alicyclic amines) is 1. The molecular formula is C15H19N3O2. The average molecular weight is 273 g/mol. The van der Waals surface area contributed by atoms with Crippen LogP contribution in [0.4, 0.5) is 0 Å². The minimum atomic E-state index is -0.551. The lowest BCUT2D eigenvalue weighted by atomic mass is 9.93. The van der Waals surface area contributed by atoms with E-state index >= 15 is 0 Å². The Kier molecular flexibility index (Phi) is 4.38. The average Bonchev–Trinajstić information content (AvgIpc) is 2.43. The van der Waals surface area contributed by atoms with Gasteiger partial charge in [-0.25, -0.2) is 0 Å². The second-order valence-electron chi connectivity index (χ2n) is 5.37. The van der Waals surface area contributed by atoms with Crippen molar-refractivity contribution >= 4 is 5.91 Å². The number of hydrogen-bond acceptors (Lipinski definition) is 4. The molecule has 1 heterocycles. The van der Waals surface area contributed by atoms with Crippen molar-refractivity contribution in [3.05, 3.63) is 35.4 Å². The summed E-state index contributed by atoms with van der Waals surface area (Å²) >= 11 is 0. The molecule has 0 aliphatic carbocycles. The van der Waals surface area contributed by atoms with E-state index in [1.165, 1.54) is 0 Å². The molecule has 20 heavy (non-hydrogen) atoms. The third-order valence-corrected chi connectivity index (χ3v) is 3.94. The smallest absolute Gasteiger partial charge is 0.239 e. The lowest BCUT2D eigenvalue weighted by molar-refractivity contribution is -0.125. The summed E-state index contributed by atoms with van der Waals surface area (Å²) in [6.07, 6.45) is 0.394. The number of nitrogens with two attached hydrogens (primary N) is 1. The predicted molar refractivity (Wildman–Crippen MR) is 74.5 cm³/mol. The predicted octanol–water partition coefficient (Wildman–Crippen LogP) is 0.787. The Bertz CT molecular complexity index is 521. The Morgan fingerprint density at radius 2 is 2.15 bits per heavy atom. The molecule has 2 rings (SSSR count). The first kappa shape index (κ1) is 14.5. The summed E-state index contributed by atoms with van der Waals surface area (Å²) < 4.78 is 0. The van der Waals surface area contributed by atoms with Gasteiger partial charge in [-0.05, 0) is 36.6 Å². The van der Waals surface area contributed by atoms with Gasteiger partial charge in [-0.3, -0.25) is 9.69 Å². The summed E-state index contributed by atoms with van der Waals surface area (Å²) in [4.78, 5) is 13.7. The van der Waals surface area contributed by atoms with E-state index in [0.717, 1.165) is 18.5 Å². The Morgan fingerprint density at radius 3 is 2.65 bits per heavy atom. The van der Waals surface area contributed by atoms with E-state index in [2.05, 4.69) is 0 Å². The third kappa shape index (κ3) is 2.98. The second kappa shape index (κ2) is 6.04. The molecule has 1 aliphatic rings. The summed E-state index contributed by atoms with van der Waals surface area (Å²) in [6, 6.07) is 8.34. The van der Waals surface area contributed by atoms with Crippen LogP contribution in [-0.2, 0) is 4.79 Å². The number of benzene rings is 1. The fourth-order valence-corrected chi connectivity index (χ4v) is 2.60. The van der Waals surface area contributed by atoms with E-state index in [4.69, 9.17) is 11.0 Å². The molecule has 5 heteroatoms. The van der Waals surface area contributed by atoms with Crippen LogP contribution in [0.15, 0.2) is 24.3 Å². The molecule has 1 fully saturated rings. The van der Waals surface area contributed by atoms with Crippen molar-refractivity contribution < 1.29 is 9.90 Å². The Labute approximate surface area is 118 Å². The van der Waals surface area contributed by atoms with Crippen molar-refractivity contribution in [3.63, 3.8) is 0 Å². The summed E-state index contributed by atoms with van der Waals surface area (Å²) in [7, 11) is 0. The van der Waals surface area contributed by atoms with E-state index in [-0.39, 0.29) is 5.92 Å². The Balaban J connectivity index is 2.23. The Morgan fingerprint density at radius 1 is 1.50 bits per heavy atom. The van der Waals surface area contributed by atoms with Gasteiger partial charge in [0.25, 0.3) is 0 Å². The number of amides is 1. The van der Waals surface area contributed by atoms with Crippen molar-refractivity contribution in [2.45, 2.75) is 25.5 Å². The molecule has 1 aromatic rings. The summed E-state index contributed by atoms with van der Waals surface area (Å²) in [5.41, 5.74) is 6.83. The molecule has 1 saturated heterocycles. The number of carbonyl (C=O) groups is 1. The first-order valence-electron chi connectivity index (χ1n) is 6.74. The van der Waals surface area contributed by atoms with Gasteiger partial charge in [0.1, 0.15) is 6.04 Å². The quantitative estimate of drug-likeness (QED) is 0.851. The van der Waals surface area contributed by atoms with Gasteiger partial charge in [0.15, 0.2) is 0 Å². The molecule has 0 bridgehead atoms. The monoisotopic (exact) mass is 273 g/mol. The van der Waals surface area contributed by atoms with E-state index < -0.39 is 18.1 Å². The van der Waals surface area contributed by atoms with E-state index in [1.54, 1.807) is 24.3 Å². The van der Waals surface area contributed by atoms with E-state index in [9.17, 15) is 9.90 Å². The molecule has 0 saturated carbocycles. The lowest BCUT2D eigenvalue weighted by Gasteiger charge is -2.38. The zero-order chi connectivity index (χ0) is 14.7. The molecule has 3 atom stereocenters. The summed E-state index contributed by atoms with van der Waals surface area (Å²) in [5.74, 6) is -0.197. The number of nitrogens with zero attached hydrogens (tertiary/aromatic N) is 2. The van der Waals surface area contributed by atoms with E-state index in [0.29, 0.717) is 12.1 Å². The maximum Gasteiger partial charge on any atom is 0.239 e. The van der Waals surface area contributed by atoms with Crippen molar-refractivity contribution in [3.8, 4) is 6.07 Å². The first-order chi connectivity index (χ1) is 9.52. The van der Waals surface area contributed by atoms with Crippen LogP contribution >= 0.6 is 0 Å². The molecule has 106 valence electrons. The topological polar surface area (TPSA) is 90.4 Å². The number of piperidine rings is 1. The van der Waals surface area contributed by atoms with Crippen LogP contribution in [0.5, 0.6) is 0 Å². The van der Waals surface area contributed by atoms with Gasteiger partial charge in [0.2, 0.25) is 5.91 Å². The molecule has 0 radical (unpaired) electrons. The summed E-state index contributed by atoms with van der Waals surface area (Å²) in [6.45, 7) is 3.17. The van der Waals surface area contributed by atoms with Gasteiger partial charge in [0.05, 0.1) is 17.7 Å².